The summed E-state index contributed by atoms with van der Waals surface area (Å²) in [5.74, 6) is 0.479. The van der Waals surface area contributed by atoms with Crippen LogP contribution in [0.5, 0.6) is 0 Å². The molecule has 0 aromatic carbocycles. The summed E-state index contributed by atoms with van der Waals surface area (Å²) in [6.45, 7) is 9.74. The number of rotatable bonds is 3. The van der Waals surface area contributed by atoms with Gasteiger partial charge in [-0.05, 0) is 25.0 Å². The molecule has 0 aliphatic rings. The average Bonchev–Trinajstić information content (AvgIpc) is 1.97. The molecule has 0 amide bonds. The van der Waals surface area contributed by atoms with Crippen LogP contribution in [-0.2, 0) is 0 Å². The summed E-state index contributed by atoms with van der Waals surface area (Å²) in [5.41, 5.74) is 1.57. The van der Waals surface area contributed by atoms with Crippen LogP contribution in [0, 0.1) is 17.2 Å². The van der Waals surface area contributed by atoms with Gasteiger partial charge in [-0.1, -0.05) is 32.1 Å². The zero-order valence-corrected chi connectivity index (χ0v) is 7.96. The minimum absolute atomic E-state index is 0.479. The van der Waals surface area contributed by atoms with E-state index >= 15 is 0 Å². The minimum atomic E-state index is 0.479. The van der Waals surface area contributed by atoms with Crippen LogP contribution in [0.15, 0.2) is 36.0 Å². The fourth-order valence-corrected chi connectivity index (χ4v) is 0.679. The molecular weight excluding hydrogens is 146 g/mol. The Morgan fingerprint density at radius 1 is 1.50 bits per heavy atom. The van der Waals surface area contributed by atoms with Crippen molar-refractivity contribution in [3.8, 4) is 6.07 Å². The molecule has 0 N–H and O–H groups in total. The molecule has 0 aromatic rings. The number of hydrogen-bond acceptors (Lipinski definition) is 1. The Balaban J connectivity index is 4.41. The molecule has 1 heteroatoms. The lowest BCUT2D eigenvalue weighted by atomic mass is 10.1. The molecule has 0 bridgehead atoms. The van der Waals surface area contributed by atoms with Crippen LogP contribution in [-0.4, -0.2) is 0 Å². The van der Waals surface area contributed by atoms with Crippen LogP contribution in [0.4, 0.5) is 0 Å². The van der Waals surface area contributed by atoms with E-state index in [1.54, 1.807) is 6.08 Å². The first-order valence-electron chi connectivity index (χ1n) is 4.01. The van der Waals surface area contributed by atoms with Crippen molar-refractivity contribution in [3.63, 3.8) is 0 Å². The predicted molar refractivity (Wildman–Crippen MR) is 52.5 cm³/mol. The molecule has 0 radical (unpaired) electrons. The SMILES string of the molecule is C=C(C)C=C(C#N)C=CC(C)C. The Morgan fingerprint density at radius 3 is 2.42 bits per heavy atom. The Bertz CT molecular complexity index is 249. The molecule has 0 atom stereocenters. The van der Waals surface area contributed by atoms with Crippen molar-refractivity contribution < 1.29 is 0 Å². The Kier molecular flexibility index (Phi) is 4.79. The maximum absolute atomic E-state index is 8.68. The van der Waals surface area contributed by atoms with Gasteiger partial charge in [-0.2, -0.15) is 5.26 Å². The van der Waals surface area contributed by atoms with E-state index in [4.69, 9.17) is 5.26 Å². The van der Waals surface area contributed by atoms with E-state index in [1.807, 2.05) is 19.1 Å². The topological polar surface area (TPSA) is 23.8 Å². The molecule has 0 aromatic heterocycles. The van der Waals surface area contributed by atoms with Crippen LogP contribution in [0.3, 0.4) is 0 Å². The molecule has 0 rings (SSSR count). The molecule has 64 valence electrons. The first kappa shape index (κ1) is 10.7. The number of hydrogen-bond donors (Lipinski definition) is 0. The highest BCUT2D eigenvalue weighted by atomic mass is 14.2. The molecular formula is C11H15N. The number of allylic oxidation sites excluding steroid dienone is 5. The van der Waals surface area contributed by atoms with Gasteiger partial charge in [0.05, 0.1) is 11.6 Å². The monoisotopic (exact) mass is 161 g/mol. The van der Waals surface area contributed by atoms with Gasteiger partial charge in [-0.25, -0.2) is 0 Å². The zero-order valence-electron chi connectivity index (χ0n) is 7.96. The van der Waals surface area contributed by atoms with Gasteiger partial charge in [-0.3, -0.25) is 0 Å². The van der Waals surface area contributed by atoms with E-state index in [-0.39, 0.29) is 0 Å². The second kappa shape index (κ2) is 5.37. The highest BCUT2D eigenvalue weighted by Crippen LogP contribution is 2.03. The molecule has 0 saturated heterocycles. The molecule has 0 aliphatic carbocycles. The minimum Gasteiger partial charge on any atom is -0.192 e. The lowest BCUT2D eigenvalue weighted by Crippen LogP contribution is -1.79. The third kappa shape index (κ3) is 5.49. The predicted octanol–water partition coefficient (Wildman–Crippen LogP) is 3.22. The van der Waals surface area contributed by atoms with Gasteiger partial charge in [0.15, 0.2) is 0 Å². The van der Waals surface area contributed by atoms with E-state index in [1.165, 1.54) is 0 Å². The highest BCUT2D eigenvalue weighted by Gasteiger charge is 1.89. The van der Waals surface area contributed by atoms with Gasteiger partial charge < -0.3 is 0 Å². The van der Waals surface area contributed by atoms with Gasteiger partial charge in [-0.15, -0.1) is 0 Å². The molecule has 0 spiro atoms. The number of nitriles is 1. The Morgan fingerprint density at radius 2 is 2.08 bits per heavy atom. The van der Waals surface area contributed by atoms with Gasteiger partial charge in [0, 0.05) is 0 Å². The van der Waals surface area contributed by atoms with Gasteiger partial charge >= 0.3 is 0 Å². The van der Waals surface area contributed by atoms with E-state index in [0.717, 1.165) is 5.57 Å². The van der Waals surface area contributed by atoms with E-state index in [2.05, 4.69) is 26.5 Å². The maximum Gasteiger partial charge on any atom is 0.0991 e. The molecule has 0 saturated carbocycles. The second-order valence-corrected chi connectivity index (χ2v) is 3.16. The summed E-state index contributed by atoms with van der Waals surface area (Å²) in [4.78, 5) is 0. The zero-order chi connectivity index (χ0) is 9.56. The summed E-state index contributed by atoms with van der Waals surface area (Å²) in [6, 6.07) is 2.10. The quantitative estimate of drug-likeness (QED) is 0.460. The molecule has 0 aliphatic heterocycles. The Hall–Kier alpha value is -1.29. The van der Waals surface area contributed by atoms with Crippen LogP contribution in [0.25, 0.3) is 0 Å². The summed E-state index contributed by atoms with van der Waals surface area (Å²) in [6.07, 6.45) is 5.61. The van der Waals surface area contributed by atoms with Crippen molar-refractivity contribution in [2.45, 2.75) is 20.8 Å². The summed E-state index contributed by atoms with van der Waals surface area (Å²) >= 11 is 0. The number of nitrogens with zero attached hydrogens (tertiary/aromatic N) is 1. The van der Waals surface area contributed by atoms with Crippen LogP contribution in [0.2, 0.25) is 0 Å². The normalized spacial score (nSPS) is 12.1. The lowest BCUT2D eigenvalue weighted by molar-refractivity contribution is 0.831. The molecule has 0 fully saturated rings. The molecule has 1 nitrogen and oxygen atoms in total. The van der Waals surface area contributed by atoms with Crippen LogP contribution >= 0.6 is 0 Å². The average molecular weight is 161 g/mol. The van der Waals surface area contributed by atoms with Gasteiger partial charge in [0.1, 0.15) is 0 Å². The third-order valence-corrected chi connectivity index (χ3v) is 1.19. The van der Waals surface area contributed by atoms with Crippen LogP contribution < -0.4 is 0 Å². The fraction of sp³-hybridized carbons (Fsp3) is 0.364. The third-order valence-electron chi connectivity index (χ3n) is 1.19. The summed E-state index contributed by atoms with van der Waals surface area (Å²) in [5, 5.41) is 8.68. The van der Waals surface area contributed by atoms with E-state index in [9.17, 15) is 0 Å². The largest absolute Gasteiger partial charge is 0.192 e. The Labute approximate surface area is 74.7 Å². The maximum atomic E-state index is 8.68. The standard InChI is InChI=1S/C11H15N/c1-9(2)5-6-11(8-12)7-10(3)4/h5-7,9H,3H2,1-2,4H3. The molecule has 12 heavy (non-hydrogen) atoms. The van der Waals surface area contributed by atoms with Crippen molar-refractivity contribution >= 4 is 0 Å². The molecule has 0 heterocycles. The van der Waals surface area contributed by atoms with Crippen molar-refractivity contribution in [3.05, 3.63) is 36.0 Å². The first-order valence-corrected chi connectivity index (χ1v) is 4.01. The van der Waals surface area contributed by atoms with E-state index < -0.39 is 0 Å². The van der Waals surface area contributed by atoms with E-state index in [0.29, 0.717) is 11.5 Å². The van der Waals surface area contributed by atoms with Crippen molar-refractivity contribution in [2.75, 3.05) is 0 Å². The highest BCUT2D eigenvalue weighted by molar-refractivity contribution is 5.38. The van der Waals surface area contributed by atoms with Gasteiger partial charge in [0.25, 0.3) is 0 Å². The van der Waals surface area contributed by atoms with Crippen molar-refractivity contribution in [2.24, 2.45) is 5.92 Å². The fourth-order valence-electron chi connectivity index (χ4n) is 0.679. The van der Waals surface area contributed by atoms with Crippen molar-refractivity contribution in [1.29, 1.82) is 5.26 Å². The van der Waals surface area contributed by atoms with Crippen LogP contribution in [0.1, 0.15) is 20.8 Å². The van der Waals surface area contributed by atoms with Crippen molar-refractivity contribution in [1.82, 2.24) is 0 Å². The summed E-state index contributed by atoms with van der Waals surface area (Å²) < 4.78 is 0. The smallest absolute Gasteiger partial charge is 0.0991 e. The molecule has 0 unspecified atom stereocenters. The first-order chi connectivity index (χ1) is 5.56. The summed E-state index contributed by atoms with van der Waals surface area (Å²) in [7, 11) is 0. The lowest BCUT2D eigenvalue weighted by Gasteiger charge is -1.93. The second-order valence-electron chi connectivity index (χ2n) is 3.16. The van der Waals surface area contributed by atoms with Gasteiger partial charge in [0.2, 0.25) is 0 Å².